The summed E-state index contributed by atoms with van der Waals surface area (Å²) in [6.07, 6.45) is 3.50. The molecule has 0 fully saturated rings. The lowest BCUT2D eigenvalue weighted by Crippen LogP contribution is -2.15. The van der Waals surface area contributed by atoms with E-state index in [0.29, 0.717) is 18.1 Å². The Balaban J connectivity index is 1.71. The third-order valence-electron chi connectivity index (χ3n) is 3.49. The van der Waals surface area contributed by atoms with E-state index in [0.717, 1.165) is 5.56 Å². The van der Waals surface area contributed by atoms with Crippen LogP contribution in [0.2, 0.25) is 5.02 Å². The van der Waals surface area contributed by atoms with Crippen LogP contribution in [0.1, 0.15) is 5.56 Å². The molecule has 0 atom stereocenters. The second-order valence-electron chi connectivity index (χ2n) is 5.35. The van der Waals surface area contributed by atoms with Gasteiger partial charge in [0.1, 0.15) is 0 Å². The maximum atomic E-state index is 12.5. The molecule has 0 saturated carbocycles. The molecule has 1 N–H and O–H groups in total. The summed E-state index contributed by atoms with van der Waals surface area (Å²) in [7, 11) is -3.82. The summed E-state index contributed by atoms with van der Waals surface area (Å²) < 4.78 is 33.0. The van der Waals surface area contributed by atoms with Crippen LogP contribution in [0.4, 0.5) is 5.82 Å². The molecule has 0 radical (unpaired) electrons. The van der Waals surface area contributed by atoms with Gasteiger partial charge >= 0.3 is 0 Å². The van der Waals surface area contributed by atoms with Crippen LogP contribution in [0, 0.1) is 0 Å². The number of anilines is 1. The number of sulfonamides is 1. The van der Waals surface area contributed by atoms with Crippen LogP contribution in [0.3, 0.4) is 0 Å². The Kier molecular flexibility index (Phi) is 5.70. The number of nitrogens with zero attached hydrogens (tertiary/aromatic N) is 2. The van der Waals surface area contributed by atoms with Crippen molar-refractivity contribution in [3.63, 3.8) is 0 Å². The quantitative estimate of drug-likeness (QED) is 0.668. The molecular formula is C18H16ClN3O3S. The van der Waals surface area contributed by atoms with Gasteiger partial charge in [-0.3, -0.25) is 4.72 Å². The maximum absolute atomic E-state index is 12.5. The first-order valence-corrected chi connectivity index (χ1v) is 9.67. The van der Waals surface area contributed by atoms with Crippen molar-refractivity contribution in [1.82, 2.24) is 9.97 Å². The van der Waals surface area contributed by atoms with Crippen LogP contribution in [0.15, 0.2) is 71.9 Å². The van der Waals surface area contributed by atoms with Crippen LogP contribution in [-0.4, -0.2) is 25.0 Å². The molecule has 26 heavy (non-hydrogen) atoms. The molecule has 0 unspecified atom stereocenters. The van der Waals surface area contributed by atoms with Gasteiger partial charge in [-0.2, -0.15) is 0 Å². The fourth-order valence-electron chi connectivity index (χ4n) is 2.21. The van der Waals surface area contributed by atoms with Crippen molar-refractivity contribution in [1.29, 1.82) is 0 Å². The minimum Gasteiger partial charge on any atom is -0.475 e. The van der Waals surface area contributed by atoms with E-state index in [1.54, 1.807) is 0 Å². The number of rotatable bonds is 7. The molecule has 0 amide bonds. The van der Waals surface area contributed by atoms with Crippen LogP contribution in [0.25, 0.3) is 0 Å². The summed E-state index contributed by atoms with van der Waals surface area (Å²) in [5.41, 5.74) is 1.11. The molecule has 8 heteroatoms. The standard InChI is InChI=1S/C18H16ClN3O3S/c19-15-6-8-16(9-7-15)26(23,24)22-17-18(21-12-11-20-17)25-13-10-14-4-2-1-3-5-14/h1-9,11-12H,10,13H2,(H,20,22). The molecule has 0 saturated heterocycles. The molecule has 0 spiro atoms. The molecular weight excluding hydrogens is 374 g/mol. The number of aromatic nitrogens is 2. The van der Waals surface area contributed by atoms with E-state index in [4.69, 9.17) is 16.3 Å². The van der Waals surface area contributed by atoms with Gasteiger partial charge in [-0.1, -0.05) is 41.9 Å². The molecule has 0 aliphatic carbocycles. The second-order valence-corrected chi connectivity index (χ2v) is 7.47. The molecule has 0 bridgehead atoms. The van der Waals surface area contributed by atoms with Crippen molar-refractivity contribution >= 4 is 27.4 Å². The SMILES string of the molecule is O=S(=O)(Nc1nccnc1OCCc1ccccc1)c1ccc(Cl)cc1. The van der Waals surface area contributed by atoms with Gasteiger partial charge in [0.05, 0.1) is 11.5 Å². The zero-order valence-electron chi connectivity index (χ0n) is 13.7. The van der Waals surface area contributed by atoms with Crippen LogP contribution in [0.5, 0.6) is 5.88 Å². The van der Waals surface area contributed by atoms with Gasteiger partial charge < -0.3 is 4.74 Å². The highest BCUT2D eigenvalue weighted by molar-refractivity contribution is 7.92. The molecule has 3 rings (SSSR count). The minimum absolute atomic E-state index is 0.0375. The van der Waals surface area contributed by atoms with Gasteiger partial charge in [0.15, 0.2) is 0 Å². The smallest absolute Gasteiger partial charge is 0.263 e. The number of benzene rings is 2. The summed E-state index contributed by atoms with van der Waals surface area (Å²) in [6, 6.07) is 15.7. The van der Waals surface area contributed by atoms with E-state index in [1.165, 1.54) is 36.7 Å². The Bertz CT molecular complexity index is 964. The van der Waals surface area contributed by atoms with Crippen molar-refractivity contribution in [3.05, 3.63) is 77.6 Å². The first kappa shape index (κ1) is 18.2. The topological polar surface area (TPSA) is 81.2 Å². The molecule has 1 heterocycles. The first-order valence-electron chi connectivity index (χ1n) is 7.81. The predicted octanol–water partition coefficient (Wildman–Crippen LogP) is 3.55. The van der Waals surface area contributed by atoms with Crippen LogP contribution in [-0.2, 0) is 16.4 Å². The van der Waals surface area contributed by atoms with Crippen molar-refractivity contribution in [2.75, 3.05) is 11.3 Å². The van der Waals surface area contributed by atoms with Gasteiger partial charge in [-0.25, -0.2) is 18.4 Å². The number of hydrogen-bond acceptors (Lipinski definition) is 5. The number of nitrogens with one attached hydrogen (secondary N) is 1. The predicted molar refractivity (Wildman–Crippen MR) is 99.9 cm³/mol. The Morgan fingerprint density at radius 2 is 1.65 bits per heavy atom. The van der Waals surface area contributed by atoms with Gasteiger partial charge in [0, 0.05) is 23.8 Å². The van der Waals surface area contributed by atoms with E-state index in [-0.39, 0.29) is 16.6 Å². The van der Waals surface area contributed by atoms with Crippen molar-refractivity contribution in [2.24, 2.45) is 0 Å². The molecule has 0 aliphatic heterocycles. The number of ether oxygens (including phenoxy) is 1. The van der Waals surface area contributed by atoms with E-state index in [2.05, 4.69) is 14.7 Å². The second kappa shape index (κ2) is 8.16. The number of halogens is 1. The molecule has 0 aliphatic rings. The van der Waals surface area contributed by atoms with Gasteiger partial charge in [0.2, 0.25) is 5.82 Å². The summed E-state index contributed by atoms with van der Waals surface area (Å²) in [5.74, 6) is 0.163. The monoisotopic (exact) mass is 389 g/mol. The number of hydrogen-bond donors (Lipinski definition) is 1. The van der Waals surface area contributed by atoms with Crippen molar-refractivity contribution in [3.8, 4) is 5.88 Å². The van der Waals surface area contributed by atoms with E-state index in [1.807, 2.05) is 30.3 Å². The van der Waals surface area contributed by atoms with Gasteiger partial charge in [0.25, 0.3) is 15.9 Å². The summed E-state index contributed by atoms with van der Waals surface area (Å²) >= 11 is 5.80. The Morgan fingerprint density at radius 1 is 0.962 bits per heavy atom. The molecule has 2 aromatic carbocycles. The summed E-state index contributed by atoms with van der Waals surface area (Å²) in [6.45, 7) is 0.346. The normalized spacial score (nSPS) is 11.1. The van der Waals surface area contributed by atoms with Gasteiger partial charge in [-0.15, -0.1) is 0 Å². The van der Waals surface area contributed by atoms with Gasteiger partial charge in [-0.05, 0) is 29.8 Å². The lowest BCUT2D eigenvalue weighted by molar-refractivity contribution is 0.310. The fourth-order valence-corrected chi connectivity index (χ4v) is 3.34. The first-order chi connectivity index (χ1) is 12.5. The largest absolute Gasteiger partial charge is 0.475 e. The zero-order valence-corrected chi connectivity index (χ0v) is 15.2. The highest BCUT2D eigenvalue weighted by atomic mass is 35.5. The third-order valence-corrected chi connectivity index (χ3v) is 5.10. The van der Waals surface area contributed by atoms with E-state index >= 15 is 0 Å². The summed E-state index contributed by atoms with van der Waals surface area (Å²) in [4.78, 5) is 8.17. The Labute approximate surface area is 156 Å². The van der Waals surface area contributed by atoms with Crippen molar-refractivity contribution in [2.45, 2.75) is 11.3 Å². The average molecular weight is 390 g/mol. The third kappa shape index (κ3) is 4.71. The highest BCUT2D eigenvalue weighted by Gasteiger charge is 2.18. The summed E-state index contributed by atoms with van der Waals surface area (Å²) in [5, 5.41) is 0.452. The highest BCUT2D eigenvalue weighted by Crippen LogP contribution is 2.22. The fraction of sp³-hybridized carbons (Fsp3) is 0.111. The van der Waals surface area contributed by atoms with Crippen molar-refractivity contribution < 1.29 is 13.2 Å². The van der Waals surface area contributed by atoms with Crippen LogP contribution < -0.4 is 9.46 Å². The van der Waals surface area contributed by atoms with E-state index < -0.39 is 10.0 Å². The Hall–Kier alpha value is -2.64. The van der Waals surface area contributed by atoms with E-state index in [9.17, 15) is 8.42 Å². The maximum Gasteiger partial charge on any atom is 0.263 e. The minimum atomic E-state index is -3.82. The average Bonchev–Trinajstić information content (AvgIpc) is 2.64. The van der Waals surface area contributed by atoms with Crippen LogP contribution >= 0.6 is 11.6 Å². The molecule has 1 aromatic heterocycles. The Morgan fingerprint density at radius 3 is 2.38 bits per heavy atom. The lowest BCUT2D eigenvalue weighted by atomic mass is 10.2. The molecule has 134 valence electrons. The molecule has 3 aromatic rings. The lowest BCUT2D eigenvalue weighted by Gasteiger charge is -2.11. The zero-order chi connectivity index (χ0) is 18.4. The molecule has 6 nitrogen and oxygen atoms in total.